The van der Waals surface area contributed by atoms with E-state index < -0.39 is 0 Å². The smallest absolute Gasteiger partial charge is 0.100 e. The molecule has 2 heteroatoms. The molecule has 2 atom stereocenters. The highest BCUT2D eigenvalue weighted by Crippen LogP contribution is 2.45. The van der Waals surface area contributed by atoms with Crippen LogP contribution in [0.15, 0.2) is 12.1 Å². The van der Waals surface area contributed by atoms with Gasteiger partial charge in [-0.1, -0.05) is 31.4 Å². The average Bonchev–Trinajstić information content (AvgIpc) is 3.18. The third-order valence-electron chi connectivity index (χ3n) is 4.92. The van der Waals surface area contributed by atoms with Crippen molar-refractivity contribution in [3.05, 3.63) is 34.4 Å². The Labute approximate surface area is 115 Å². The highest BCUT2D eigenvalue weighted by atomic mass is 17.1. The van der Waals surface area contributed by atoms with E-state index in [9.17, 15) is 0 Å². The second kappa shape index (κ2) is 5.26. The van der Waals surface area contributed by atoms with E-state index >= 15 is 0 Å². The monoisotopic (exact) mass is 260 g/mol. The first-order chi connectivity index (χ1) is 9.20. The van der Waals surface area contributed by atoms with Gasteiger partial charge in [-0.2, -0.15) is 0 Å². The highest BCUT2D eigenvalue weighted by Gasteiger charge is 2.40. The van der Waals surface area contributed by atoms with Crippen LogP contribution < -0.4 is 0 Å². The summed E-state index contributed by atoms with van der Waals surface area (Å²) in [6.45, 7) is 4.50. The Morgan fingerprint density at radius 3 is 2.21 bits per heavy atom. The molecule has 104 valence electrons. The Kier molecular flexibility index (Phi) is 3.64. The van der Waals surface area contributed by atoms with E-state index in [4.69, 9.17) is 5.26 Å². The maximum atomic E-state index is 8.73. The predicted molar refractivity (Wildman–Crippen MR) is 76.6 cm³/mol. The lowest BCUT2D eigenvalue weighted by Crippen LogP contribution is -2.09. The molecule has 2 nitrogen and oxygen atoms in total. The molecular formula is C17H24O2. The van der Waals surface area contributed by atoms with Crippen molar-refractivity contribution in [3.63, 3.8) is 0 Å². The van der Waals surface area contributed by atoms with E-state index in [1.807, 2.05) is 0 Å². The number of rotatable bonds is 3. The first-order valence-electron chi connectivity index (χ1n) is 7.62. The van der Waals surface area contributed by atoms with Gasteiger partial charge in [0.25, 0.3) is 0 Å². The van der Waals surface area contributed by atoms with E-state index in [1.54, 1.807) is 5.56 Å². The fraction of sp³-hybridized carbons (Fsp3) is 0.647. The van der Waals surface area contributed by atoms with Crippen molar-refractivity contribution in [2.75, 3.05) is 0 Å². The molecule has 2 aliphatic rings. The van der Waals surface area contributed by atoms with Crippen molar-refractivity contribution < 1.29 is 10.1 Å². The third-order valence-corrected chi connectivity index (χ3v) is 4.92. The van der Waals surface area contributed by atoms with E-state index in [1.165, 1.54) is 48.8 Å². The first kappa shape index (κ1) is 13.1. The van der Waals surface area contributed by atoms with Crippen LogP contribution in [0.2, 0.25) is 0 Å². The SMILES string of the molecule is Cc1cc(C2CC2OO)cc(C)c1C1CCCCC1. The molecule has 1 aromatic rings. The van der Waals surface area contributed by atoms with Gasteiger partial charge in [0.1, 0.15) is 6.10 Å². The van der Waals surface area contributed by atoms with Gasteiger partial charge >= 0.3 is 0 Å². The van der Waals surface area contributed by atoms with Gasteiger partial charge in [-0.05, 0) is 61.3 Å². The summed E-state index contributed by atoms with van der Waals surface area (Å²) in [4.78, 5) is 4.45. The predicted octanol–water partition coefficient (Wildman–Crippen LogP) is 4.70. The van der Waals surface area contributed by atoms with Gasteiger partial charge in [0.05, 0.1) is 0 Å². The quantitative estimate of drug-likeness (QED) is 0.630. The maximum absolute atomic E-state index is 8.73. The normalized spacial score (nSPS) is 27.5. The molecule has 2 saturated carbocycles. The Bertz CT molecular complexity index is 437. The number of aryl methyl sites for hydroxylation is 2. The minimum atomic E-state index is 0.0272. The molecular weight excluding hydrogens is 236 g/mol. The summed E-state index contributed by atoms with van der Waals surface area (Å²) in [5.41, 5.74) is 5.80. The largest absolute Gasteiger partial charge is 0.252 e. The van der Waals surface area contributed by atoms with Crippen LogP contribution in [0.3, 0.4) is 0 Å². The molecule has 0 bridgehead atoms. The summed E-state index contributed by atoms with van der Waals surface area (Å²) < 4.78 is 0. The number of benzene rings is 1. The van der Waals surface area contributed by atoms with Crippen LogP contribution in [0.5, 0.6) is 0 Å². The molecule has 0 amide bonds. The van der Waals surface area contributed by atoms with Crippen LogP contribution in [0.1, 0.15) is 72.6 Å². The lowest BCUT2D eigenvalue weighted by Gasteiger charge is -2.26. The van der Waals surface area contributed by atoms with Crippen molar-refractivity contribution in [1.29, 1.82) is 0 Å². The van der Waals surface area contributed by atoms with Crippen molar-refractivity contribution in [2.45, 2.75) is 70.3 Å². The fourth-order valence-corrected chi connectivity index (χ4v) is 3.90. The lowest BCUT2D eigenvalue weighted by atomic mass is 9.79. The van der Waals surface area contributed by atoms with Crippen LogP contribution in [-0.4, -0.2) is 11.4 Å². The van der Waals surface area contributed by atoms with Gasteiger partial charge in [0, 0.05) is 5.92 Å². The minimum absolute atomic E-state index is 0.0272. The summed E-state index contributed by atoms with van der Waals surface area (Å²) in [5, 5.41) is 8.73. The summed E-state index contributed by atoms with van der Waals surface area (Å²) in [6, 6.07) is 4.64. The third kappa shape index (κ3) is 2.56. The molecule has 19 heavy (non-hydrogen) atoms. The Morgan fingerprint density at radius 1 is 1.05 bits per heavy atom. The van der Waals surface area contributed by atoms with Gasteiger partial charge in [0.15, 0.2) is 0 Å². The standard InChI is InChI=1S/C17H24O2/c1-11-8-14(15-10-16(15)19-18)9-12(2)17(11)13-6-4-3-5-7-13/h8-9,13,15-16,18H,3-7,10H2,1-2H3. The summed E-state index contributed by atoms with van der Waals surface area (Å²) in [6.07, 6.45) is 7.87. The molecule has 0 heterocycles. The zero-order chi connectivity index (χ0) is 13.4. The van der Waals surface area contributed by atoms with Gasteiger partial charge in [0.2, 0.25) is 0 Å². The van der Waals surface area contributed by atoms with Gasteiger partial charge in [-0.3, -0.25) is 5.26 Å². The van der Waals surface area contributed by atoms with Crippen molar-refractivity contribution >= 4 is 0 Å². The molecule has 0 saturated heterocycles. The van der Waals surface area contributed by atoms with Crippen LogP contribution >= 0.6 is 0 Å². The molecule has 0 radical (unpaired) electrons. The van der Waals surface area contributed by atoms with Crippen molar-refractivity contribution in [3.8, 4) is 0 Å². The topological polar surface area (TPSA) is 29.5 Å². The zero-order valence-corrected chi connectivity index (χ0v) is 12.0. The molecule has 0 spiro atoms. The van der Waals surface area contributed by atoms with Crippen LogP contribution in [0, 0.1) is 13.8 Å². The van der Waals surface area contributed by atoms with E-state index in [0.717, 1.165) is 12.3 Å². The Morgan fingerprint density at radius 2 is 1.68 bits per heavy atom. The molecule has 2 unspecified atom stereocenters. The van der Waals surface area contributed by atoms with Crippen LogP contribution in [0.25, 0.3) is 0 Å². The van der Waals surface area contributed by atoms with Crippen molar-refractivity contribution in [1.82, 2.24) is 0 Å². The molecule has 2 fully saturated rings. The van der Waals surface area contributed by atoms with Crippen molar-refractivity contribution in [2.24, 2.45) is 0 Å². The maximum Gasteiger partial charge on any atom is 0.100 e. The second-order valence-electron chi connectivity index (χ2n) is 6.39. The average molecular weight is 260 g/mol. The molecule has 1 aromatic carbocycles. The lowest BCUT2D eigenvalue weighted by molar-refractivity contribution is -0.253. The van der Waals surface area contributed by atoms with E-state index in [0.29, 0.717) is 5.92 Å². The molecule has 2 aliphatic carbocycles. The molecule has 0 aliphatic heterocycles. The summed E-state index contributed by atoms with van der Waals surface area (Å²) in [5.74, 6) is 1.18. The van der Waals surface area contributed by atoms with Crippen LogP contribution in [0.4, 0.5) is 0 Å². The second-order valence-corrected chi connectivity index (χ2v) is 6.39. The number of hydrogen-bond donors (Lipinski definition) is 1. The van der Waals surface area contributed by atoms with Gasteiger partial charge in [-0.25, -0.2) is 4.89 Å². The highest BCUT2D eigenvalue weighted by molar-refractivity contribution is 5.43. The van der Waals surface area contributed by atoms with Gasteiger partial charge in [-0.15, -0.1) is 0 Å². The zero-order valence-electron chi connectivity index (χ0n) is 12.0. The summed E-state index contributed by atoms with van der Waals surface area (Å²) in [7, 11) is 0. The molecule has 1 N–H and O–H groups in total. The van der Waals surface area contributed by atoms with E-state index in [2.05, 4.69) is 30.9 Å². The molecule has 0 aromatic heterocycles. The Hall–Kier alpha value is -0.860. The number of hydrogen-bond acceptors (Lipinski definition) is 2. The fourth-order valence-electron chi connectivity index (χ4n) is 3.90. The Balaban J connectivity index is 1.85. The van der Waals surface area contributed by atoms with Gasteiger partial charge < -0.3 is 0 Å². The summed E-state index contributed by atoms with van der Waals surface area (Å²) >= 11 is 0. The van der Waals surface area contributed by atoms with E-state index in [-0.39, 0.29) is 6.10 Å². The minimum Gasteiger partial charge on any atom is -0.252 e. The van der Waals surface area contributed by atoms with Crippen LogP contribution in [-0.2, 0) is 4.89 Å². The first-order valence-corrected chi connectivity index (χ1v) is 7.62. The molecule has 3 rings (SSSR count).